The standard InChI is InChI=1S/C72H50N2/c1-3-4-7-23-48(2)50-26-20-28-52(44-50)69-62-38-16-17-39-63(62)71(53-29-21-27-51(45-53)49-24-8-5-9-25-49)65-47-55(42-43-64(65)69)70-60-36-14-12-34-58(60)68(59-35-13-15-37-61(59)70)54-30-22-31-56(46-54)72-73-66-40-18-19-41-67(66)74(72)57-32-10-6-11-33-57/h3-47H,1H2,2H3/b7-4-,48-23+. The predicted molar refractivity (Wildman–Crippen MR) is 317 cm³/mol. The number of hydrogen-bond donors (Lipinski definition) is 0. The van der Waals surface area contributed by atoms with Crippen LogP contribution >= 0.6 is 0 Å². The van der Waals surface area contributed by atoms with Gasteiger partial charge in [0.2, 0.25) is 0 Å². The van der Waals surface area contributed by atoms with Crippen LogP contribution in [-0.4, -0.2) is 9.55 Å². The summed E-state index contributed by atoms with van der Waals surface area (Å²) in [6.07, 6.45) is 8.00. The van der Waals surface area contributed by atoms with Crippen molar-refractivity contribution in [1.29, 1.82) is 0 Å². The van der Waals surface area contributed by atoms with Crippen molar-refractivity contribution < 1.29 is 0 Å². The van der Waals surface area contributed by atoms with Gasteiger partial charge in [-0.05, 0) is 165 Å². The van der Waals surface area contributed by atoms with Crippen molar-refractivity contribution >= 4 is 59.7 Å². The highest BCUT2D eigenvalue weighted by molar-refractivity contribution is 6.25. The first kappa shape index (κ1) is 44.3. The largest absolute Gasteiger partial charge is 0.292 e. The van der Waals surface area contributed by atoms with E-state index in [9.17, 15) is 0 Å². The molecule has 0 N–H and O–H groups in total. The molecule has 0 amide bonds. The fourth-order valence-corrected chi connectivity index (χ4v) is 11.4. The molecule has 74 heavy (non-hydrogen) atoms. The Labute approximate surface area is 431 Å². The van der Waals surface area contributed by atoms with E-state index in [1.54, 1.807) is 0 Å². The third-order valence-electron chi connectivity index (χ3n) is 14.7. The third-order valence-corrected chi connectivity index (χ3v) is 14.7. The Hall–Kier alpha value is -9.63. The quantitative estimate of drug-likeness (QED) is 0.0987. The van der Waals surface area contributed by atoms with Crippen LogP contribution in [0.2, 0.25) is 0 Å². The molecule has 0 fully saturated rings. The molecule has 0 saturated heterocycles. The van der Waals surface area contributed by atoms with Gasteiger partial charge in [0.1, 0.15) is 5.82 Å². The summed E-state index contributed by atoms with van der Waals surface area (Å²) in [6, 6.07) is 91.0. The van der Waals surface area contributed by atoms with Gasteiger partial charge in [-0.25, -0.2) is 4.98 Å². The van der Waals surface area contributed by atoms with E-state index in [1.165, 1.54) is 104 Å². The van der Waals surface area contributed by atoms with Gasteiger partial charge in [-0.2, -0.15) is 0 Å². The van der Waals surface area contributed by atoms with Gasteiger partial charge < -0.3 is 0 Å². The van der Waals surface area contributed by atoms with Gasteiger partial charge in [-0.3, -0.25) is 4.57 Å². The lowest BCUT2D eigenvalue weighted by molar-refractivity contribution is 1.10. The fraction of sp³-hybridized carbons (Fsp3) is 0.0139. The first-order chi connectivity index (χ1) is 36.6. The average Bonchev–Trinajstić information content (AvgIpc) is 3.86. The second kappa shape index (κ2) is 18.8. The number of nitrogens with zero attached hydrogens (tertiary/aromatic N) is 2. The van der Waals surface area contributed by atoms with Gasteiger partial charge in [0, 0.05) is 11.3 Å². The van der Waals surface area contributed by atoms with Gasteiger partial charge in [0.25, 0.3) is 0 Å². The minimum atomic E-state index is 0.914. The van der Waals surface area contributed by atoms with Crippen molar-refractivity contribution in [2.45, 2.75) is 6.92 Å². The lowest BCUT2D eigenvalue weighted by Gasteiger charge is -2.21. The first-order valence-corrected chi connectivity index (χ1v) is 25.4. The molecular weight excluding hydrogens is 893 g/mol. The van der Waals surface area contributed by atoms with Crippen molar-refractivity contribution in [3.05, 3.63) is 285 Å². The normalized spacial score (nSPS) is 11.9. The zero-order valence-electron chi connectivity index (χ0n) is 41.1. The van der Waals surface area contributed by atoms with E-state index < -0.39 is 0 Å². The van der Waals surface area contributed by atoms with E-state index in [1.807, 2.05) is 12.2 Å². The van der Waals surface area contributed by atoms with E-state index in [4.69, 9.17) is 4.98 Å². The van der Waals surface area contributed by atoms with Crippen LogP contribution in [0.25, 0.3) is 132 Å². The second-order valence-electron chi connectivity index (χ2n) is 19.1. The predicted octanol–water partition coefficient (Wildman–Crippen LogP) is 19.8. The number of hydrogen-bond acceptors (Lipinski definition) is 1. The van der Waals surface area contributed by atoms with Gasteiger partial charge in [0.15, 0.2) is 0 Å². The van der Waals surface area contributed by atoms with Crippen LogP contribution in [0.4, 0.5) is 0 Å². The number of allylic oxidation sites excluding steroid dienone is 5. The molecule has 12 aromatic carbocycles. The summed E-state index contributed by atoms with van der Waals surface area (Å²) in [4.78, 5) is 5.27. The molecule has 1 heterocycles. The summed E-state index contributed by atoms with van der Waals surface area (Å²) in [5.74, 6) is 0.914. The molecule has 0 aliphatic heterocycles. The molecule has 348 valence electrons. The molecule has 2 heteroatoms. The number of imidazole rings is 1. The van der Waals surface area contributed by atoms with E-state index in [0.29, 0.717) is 0 Å². The van der Waals surface area contributed by atoms with Gasteiger partial charge in [0.05, 0.1) is 11.0 Å². The molecule has 0 unspecified atom stereocenters. The summed E-state index contributed by atoms with van der Waals surface area (Å²) in [5.41, 5.74) is 18.5. The molecule has 0 bridgehead atoms. The van der Waals surface area contributed by atoms with Crippen molar-refractivity contribution in [2.24, 2.45) is 0 Å². The Morgan fingerprint density at radius 1 is 0.365 bits per heavy atom. The minimum Gasteiger partial charge on any atom is -0.292 e. The summed E-state index contributed by atoms with van der Waals surface area (Å²) in [5, 5.41) is 9.67. The Morgan fingerprint density at radius 3 is 1.42 bits per heavy atom. The van der Waals surface area contributed by atoms with Crippen LogP contribution in [0, 0.1) is 0 Å². The average molecular weight is 943 g/mol. The summed E-state index contributed by atoms with van der Waals surface area (Å²) < 4.78 is 2.28. The highest BCUT2D eigenvalue weighted by Crippen LogP contribution is 2.49. The molecule has 0 spiro atoms. The van der Waals surface area contributed by atoms with Gasteiger partial charge in [-0.1, -0.05) is 231 Å². The Morgan fingerprint density at radius 2 is 0.811 bits per heavy atom. The molecule has 0 saturated carbocycles. The molecule has 0 radical (unpaired) electrons. The van der Waals surface area contributed by atoms with Gasteiger partial charge >= 0.3 is 0 Å². The van der Waals surface area contributed by atoms with Crippen LogP contribution in [0.15, 0.2) is 280 Å². The lowest BCUT2D eigenvalue weighted by Crippen LogP contribution is -1.97. The zero-order valence-corrected chi connectivity index (χ0v) is 41.1. The van der Waals surface area contributed by atoms with Crippen molar-refractivity contribution in [2.75, 3.05) is 0 Å². The molecule has 0 atom stereocenters. The van der Waals surface area contributed by atoms with Crippen LogP contribution in [0.3, 0.4) is 0 Å². The molecule has 0 aliphatic carbocycles. The van der Waals surface area contributed by atoms with E-state index >= 15 is 0 Å². The fourth-order valence-electron chi connectivity index (χ4n) is 11.4. The minimum absolute atomic E-state index is 0.914. The van der Waals surface area contributed by atoms with E-state index in [-0.39, 0.29) is 0 Å². The lowest BCUT2D eigenvalue weighted by atomic mass is 9.82. The number of para-hydroxylation sites is 3. The maximum absolute atomic E-state index is 5.27. The first-order valence-electron chi connectivity index (χ1n) is 25.4. The summed E-state index contributed by atoms with van der Waals surface area (Å²) in [6.45, 7) is 6.05. The van der Waals surface area contributed by atoms with E-state index in [0.717, 1.165) is 33.7 Å². The summed E-state index contributed by atoms with van der Waals surface area (Å²) >= 11 is 0. The Balaban J connectivity index is 1.06. The Bertz CT molecular complexity index is 4320. The molecular formula is C72H50N2. The highest BCUT2D eigenvalue weighted by atomic mass is 15.1. The SMILES string of the molecule is C=C/C=C\C=C(/C)c1cccc(-c2c3ccccc3c(-c3cccc(-c4ccccc4)c3)c3cc(-c4c5ccccc5c(-c5cccc(-c6nc7ccccc7n6-c6ccccc6)c5)c5ccccc45)ccc23)c1. The van der Waals surface area contributed by atoms with Crippen molar-refractivity contribution in [1.82, 2.24) is 9.55 Å². The number of aromatic nitrogens is 2. The second-order valence-corrected chi connectivity index (χ2v) is 19.1. The number of fused-ring (bicyclic) bond motifs is 5. The molecule has 0 aliphatic rings. The zero-order chi connectivity index (χ0) is 49.5. The van der Waals surface area contributed by atoms with Crippen LogP contribution < -0.4 is 0 Å². The number of rotatable bonds is 10. The summed E-state index contributed by atoms with van der Waals surface area (Å²) in [7, 11) is 0. The maximum atomic E-state index is 5.27. The van der Waals surface area contributed by atoms with Crippen LogP contribution in [-0.2, 0) is 0 Å². The van der Waals surface area contributed by atoms with Crippen molar-refractivity contribution in [3.63, 3.8) is 0 Å². The smallest absolute Gasteiger partial charge is 0.145 e. The number of benzene rings is 12. The monoisotopic (exact) mass is 942 g/mol. The van der Waals surface area contributed by atoms with Crippen molar-refractivity contribution in [3.8, 4) is 72.7 Å². The highest BCUT2D eigenvalue weighted by Gasteiger charge is 2.22. The molecule has 13 rings (SSSR count). The molecule has 1 aromatic heterocycles. The molecule has 2 nitrogen and oxygen atoms in total. The Kier molecular flexibility index (Phi) is 11.3. The van der Waals surface area contributed by atoms with E-state index in [2.05, 4.69) is 279 Å². The maximum Gasteiger partial charge on any atom is 0.145 e. The van der Waals surface area contributed by atoms with Crippen LogP contribution in [0.5, 0.6) is 0 Å². The van der Waals surface area contributed by atoms with Gasteiger partial charge in [-0.15, -0.1) is 0 Å². The van der Waals surface area contributed by atoms with Crippen LogP contribution in [0.1, 0.15) is 12.5 Å². The molecule has 13 aromatic rings. The third kappa shape index (κ3) is 7.73. The topological polar surface area (TPSA) is 17.8 Å².